The molecule has 0 unspecified atom stereocenters. The zero-order valence-electron chi connectivity index (χ0n) is 16.6. The minimum absolute atomic E-state index is 0.140. The maximum atomic E-state index is 12.5. The molecule has 2 amide bonds. The van der Waals surface area contributed by atoms with Crippen LogP contribution in [0.5, 0.6) is 11.5 Å². The lowest BCUT2D eigenvalue weighted by Crippen LogP contribution is -2.34. The smallest absolute Gasteiger partial charge is 0.273 e. The molecule has 8 heteroatoms. The summed E-state index contributed by atoms with van der Waals surface area (Å²) in [5.74, 6) is 2.20. The van der Waals surface area contributed by atoms with E-state index in [1.165, 1.54) is 0 Å². The van der Waals surface area contributed by atoms with Gasteiger partial charge in [-0.3, -0.25) is 9.59 Å². The number of aromatic nitrogens is 1. The van der Waals surface area contributed by atoms with Gasteiger partial charge in [-0.15, -0.1) is 0 Å². The van der Waals surface area contributed by atoms with Gasteiger partial charge < -0.3 is 24.2 Å². The molecule has 0 spiro atoms. The average molecular weight is 399 g/mol. The van der Waals surface area contributed by atoms with E-state index < -0.39 is 0 Å². The standard InChI is InChI=1S/C21H25N3O5/c1-13(2)10-24(21(26)15-4-5-15)11-16-8-17(23-29-16)20(25)22-9-14-3-6-18-19(7-14)28-12-27-18/h3,6-8,13,15H,4-5,9-12H2,1-2H3,(H,22,25). The Balaban J connectivity index is 1.34. The molecule has 2 heterocycles. The second-order valence-electron chi connectivity index (χ2n) is 7.94. The van der Waals surface area contributed by atoms with Crippen molar-refractivity contribution in [1.29, 1.82) is 0 Å². The summed E-state index contributed by atoms with van der Waals surface area (Å²) in [6.07, 6.45) is 1.91. The van der Waals surface area contributed by atoms with Crippen molar-refractivity contribution < 1.29 is 23.6 Å². The lowest BCUT2D eigenvalue weighted by atomic mass is 10.2. The summed E-state index contributed by atoms with van der Waals surface area (Å²) in [6.45, 7) is 5.67. The van der Waals surface area contributed by atoms with Crippen LogP contribution in [-0.2, 0) is 17.9 Å². The van der Waals surface area contributed by atoms with Gasteiger partial charge in [0.05, 0.1) is 6.54 Å². The SMILES string of the molecule is CC(C)CN(Cc1cc(C(=O)NCc2ccc3c(c2)OCO3)no1)C(=O)C1CC1. The van der Waals surface area contributed by atoms with E-state index in [-0.39, 0.29) is 30.2 Å². The molecule has 154 valence electrons. The first-order valence-corrected chi connectivity index (χ1v) is 9.90. The highest BCUT2D eigenvalue weighted by Gasteiger charge is 2.34. The Morgan fingerprint density at radius 1 is 1.21 bits per heavy atom. The van der Waals surface area contributed by atoms with Crippen LogP contribution in [0.1, 0.15) is 48.5 Å². The topological polar surface area (TPSA) is 93.9 Å². The van der Waals surface area contributed by atoms with Crippen LogP contribution in [0.25, 0.3) is 0 Å². The molecule has 2 aliphatic rings. The van der Waals surface area contributed by atoms with Gasteiger partial charge in [-0.2, -0.15) is 0 Å². The van der Waals surface area contributed by atoms with Gasteiger partial charge in [0.1, 0.15) is 0 Å². The van der Waals surface area contributed by atoms with Gasteiger partial charge in [0.2, 0.25) is 12.7 Å². The summed E-state index contributed by atoms with van der Waals surface area (Å²) in [4.78, 5) is 26.7. The molecule has 29 heavy (non-hydrogen) atoms. The average Bonchev–Trinajstić information content (AvgIpc) is 3.26. The van der Waals surface area contributed by atoms with E-state index in [0.717, 1.165) is 18.4 Å². The summed E-state index contributed by atoms with van der Waals surface area (Å²) in [5.41, 5.74) is 1.09. The van der Waals surface area contributed by atoms with Crippen molar-refractivity contribution in [2.45, 2.75) is 39.8 Å². The summed E-state index contributed by atoms with van der Waals surface area (Å²) in [6, 6.07) is 7.13. The van der Waals surface area contributed by atoms with Crippen LogP contribution in [0.4, 0.5) is 0 Å². The van der Waals surface area contributed by atoms with Gasteiger partial charge >= 0.3 is 0 Å². The molecule has 1 aromatic heterocycles. The molecule has 8 nitrogen and oxygen atoms in total. The Bertz CT molecular complexity index is 903. The third kappa shape index (κ3) is 4.70. The van der Waals surface area contributed by atoms with E-state index in [1.807, 2.05) is 18.2 Å². The maximum absolute atomic E-state index is 12.5. The molecule has 1 aromatic carbocycles. The number of rotatable bonds is 8. The predicted molar refractivity (Wildman–Crippen MR) is 103 cm³/mol. The fourth-order valence-corrected chi connectivity index (χ4v) is 3.27. The zero-order valence-corrected chi connectivity index (χ0v) is 16.6. The number of benzene rings is 1. The van der Waals surface area contributed by atoms with E-state index in [9.17, 15) is 9.59 Å². The predicted octanol–water partition coefficient (Wildman–Crippen LogP) is 2.73. The van der Waals surface area contributed by atoms with Crippen LogP contribution >= 0.6 is 0 Å². The van der Waals surface area contributed by atoms with Crippen LogP contribution in [-0.4, -0.2) is 35.2 Å². The fraction of sp³-hybridized carbons (Fsp3) is 0.476. The number of nitrogens with one attached hydrogen (secondary N) is 1. The Labute approximate surface area is 169 Å². The Hall–Kier alpha value is -3.03. The number of ether oxygens (including phenoxy) is 2. The highest BCUT2D eigenvalue weighted by Crippen LogP contribution is 2.33. The normalized spacial score (nSPS) is 14.9. The number of nitrogens with zero attached hydrogens (tertiary/aromatic N) is 2. The molecule has 1 aliphatic carbocycles. The lowest BCUT2D eigenvalue weighted by Gasteiger charge is -2.23. The molecule has 0 bridgehead atoms. The van der Waals surface area contributed by atoms with Crippen molar-refractivity contribution in [3.63, 3.8) is 0 Å². The molecule has 1 N–H and O–H groups in total. The summed E-state index contributed by atoms with van der Waals surface area (Å²) in [5, 5.41) is 6.69. The number of hydrogen-bond acceptors (Lipinski definition) is 6. The number of amides is 2. The van der Waals surface area contributed by atoms with Crippen LogP contribution in [0.3, 0.4) is 0 Å². The zero-order chi connectivity index (χ0) is 20.4. The number of carbonyl (C=O) groups is 2. The van der Waals surface area contributed by atoms with Gasteiger partial charge in [0.25, 0.3) is 5.91 Å². The number of fused-ring (bicyclic) bond motifs is 1. The molecular formula is C21H25N3O5. The van der Waals surface area contributed by atoms with Crippen LogP contribution in [0.15, 0.2) is 28.8 Å². The monoisotopic (exact) mass is 399 g/mol. The summed E-state index contributed by atoms with van der Waals surface area (Å²) in [7, 11) is 0. The van der Waals surface area contributed by atoms with E-state index in [0.29, 0.717) is 42.8 Å². The first-order chi connectivity index (χ1) is 14.0. The number of carbonyl (C=O) groups excluding carboxylic acids is 2. The third-order valence-electron chi connectivity index (χ3n) is 4.85. The Kier molecular flexibility index (Phi) is 5.42. The minimum atomic E-state index is -0.332. The Morgan fingerprint density at radius 2 is 2.00 bits per heavy atom. The molecular weight excluding hydrogens is 374 g/mol. The van der Waals surface area contributed by atoms with Crippen molar-refractivity contribution in [3.05, 3.63) is 41.3 Å². The highest BCUT2D eigenvalue weighted by molar-refractivity contribution is 5.92. The fourth-order valence-electron chi connectivity index (χ4n) is 3.27. The quantitative estimate of drug-likeness (QED) is 0.734. The molecule has 0 saturated heterocycles. The van der Waals surface area contributed by atoms with Crippen molar-refractivity contribution in [3.8, 4) is 11.5 Å². The van der Waals surface area contributed by atoms with E-state index in [4.69, 9.17) is 14.0 Å². The van der Waals surface area contributed by atoms with Crippen LogP contribution < -0.4 is 14.8 Å². The summed E-state index contributed by atoms with van der Waals surface area (Å²) < 4.78 is 15.9. The molecule has 1 saturated carbocycles. The van der Waals surface area contributed by atoms with Crippen molar-refractivity contribution in [1.82, 2.24) is 15.4 Å². The second-order valence-corrected chi connectivity index (χ2v) is 7.94. The number of hydrogen-bond donors (Lipinski definition) is 1. The summed E-state index contributed by atoms with van der Waals surface area (Å²) >= 11 is 0. The maximum Gasteiger partial charge on any atom is 0.273 e. The van der Waals surface area contributed by atoms with E-state index >= 15 is 0 Å². The van der Waals surface area contributed by atoms with Crippen molar-refractivity contribution >= 4 is 11.8 Å². The highest BCUT2D eigenvalue weighted by atomic mass is 16.7. The first-order valence-electron chi connectivity index (χ1n) is 9.90. The largest absolute Gasteiger partial charge is 0.454 e. The van der Waals surface area contributed by atoms with E-state index in [1.54, 1.807) is 11.0 Å². The molecule has 1 fully saturated rings. The first kappa shape index (κ1) is 19.3. The van der Waals surface area contributed by atoms with Crippen molar-refractivity contribution in [2.24, 2.45) is 11.8 Å². The van der Waals surface area contributed by atoms with Crippen LogP contribution in [0, 0.1) is 11.8 Å². The van der Waals surface area contributed by atoms with Crippen molar-refractivity contribution in [2.75, 3.05) is 13.3 Å². The van der Waals surface area contributed by atoms with Gasteiger partial charge in [-0.25, -0.2) is 0 Å². The third-order valence-corrected chi connectivity index (χ3v) is 4.85. The molecule has 4 rings (SSSR count). The molecule has 2 aromatic rings. The lowest BCUT2D eigenvalue weighted by molar-refractivity contribution is -0.134. The van der Waals surface area contributed by atoms with Gasteiger partial charge in [0, 0.05) is 25.1 Å². The Morgan fingerprint density at radius 3 is 2.76 bits per heavy atom. The molecule has 1 aliphatic heterocycles. The second kappa shape index (κ2) is 8.14. The van der Waals surface area contributed by atoms with Gasteiger partial charge in [-0.05, 0) is 36.5 Å². The van der Waals surface area contributed by atoms with Crippen LogP contribution in [0.2, 0.25) is 0 Å². The molecule has 0 radical (unpaired) electrons. The van der Waals surface area contributed by atoms with Gasteiger partial charge in [-0.1, -0.05) is 25.1 Å². The minimum Gasteiger partial charge on any atom is -0.454 e. The van der Waals surface area contributed by atoms with Gasteiger partial charge in [0.15, 0.2) is 23.0 Å². The van der Waals surface area contributed by atoms with E-state index in [2.05, 4.69) is 24.3 Å². The molecule has 0 atom stereocenters.